The molecular formula is C17H25NO3. The molecule has 2 rings (SSSR count). The summed E-state index contributed by atoms with van der Waals surface area (Å²) in [6.07, 6.45) is 7.53. The van der Waals surface area contributed by atoms with E-state index in [2.05, 4.69) is 5.32 Å². The summed E-state index contributed by atoms with van der Waals surface area (Å²) in [5.74, 6) is 1.54. The topological polar surface area (TPSA) is 47.6 Å². The summed E-state index contributed by atoms with van der Waals surface area (Å²) in [6.45, 7) is 0. The number of hydrogen-bond donors (Lipinski definition) is 1. The molecule has 4 heteroatoms. The van der Waals surface area contributed by atoms with Crippen LogP contribution in [0.25, 0.3) is 0 Å². The minimum absolute atomic E-state index is 0.0634. The molecule has 0 aliphatic heterocycles. The molecule has 0 saturated heterocycles. The smallest absolute Gasteiger partial charge is 0.224 e. The average molecular weight is 291 g/mol. The van der Waals surface area contributed by atoms with E-state index >= 15 is 0 Å². The van der Waals surface area contributed by atoms with E-state index in [-0.39, 0.29) is 5.91 Å². The Morgan fingerprint density at radius 3 is 2.48 bits per heavy atom. The van der Waals surface area contributed by atoms with Gasteiger partial charge in [0.1, 0.15) is 11.5 Å². The molecule has 1 aliphatic rings. The van der Waals surface area contributed by atoms with Crippen LogP contribution in [-0.4, -0.2) is 26.2 Å². The summed E-state index contributed by atoms with van der Waals surface area (Å²) in [5.41, 5.74) is 0.864. The first-order valence-electron chi connectivity index (χ1n) is 7.73. The Hall–Kier alpha value is -1.71. The van der Waals surface area contributed by atoms with Gasteiger partial charge in [0.2, 0.25) is 5.91 Å². The fraction of sp³-hybridized carbons (Fsp3) is 0.588. The van der Waals surface area contributed by atoms with Gasteiger partial charge in [-0.05, 0) is 31.0 Å². The number of benzene rings is 1. The Bertz CT molecular complexity index is 465. The highest BCUT2D eigenvalue weighted by molar-refractivity contribution is 5.79. The lowest BCUT2D eigenvalue weighted by atomic mass is 10.1. The third-order valence-corrected chi connectivity index (χ3v) is 4.06. The van der Waals surface area contributed by atoms with E-state index in [4.69, 9.17) is 9.47 Å². The van der Waals surface area contributed by atoms with Crippen molar-refractivity contribution >= 4 is 5.91 Å². The molecule has 1 fully saturated rings. The highest BCUT2D eigenvalue weighted by Gasteiger charge is 2.16. The Balaban J connectivity index is 1.97. The number of amides is 1. The minimum Gasteiger partial charge on any atom is -0.497 e. The number of carbonyl (C=O) groups excluding carboxylic acids is 1. The van der Waals surface area contributed by atoms with Crippen LogP contribution in [0.3, 0.4) is 0 Å². The standard InChI is InChI=1S/C17H25NO3/c1-20-15-9-10-16(21-2)13(11-15)12-17(19)18-14-7-5-3-4-6-8-14/h9-11,14H,3-8,12H2,1-2H3,(H,18,19). The van der Waals surface area contributed by atoms with E-state index < -0.39 is 0 Å². The van der Waals surface area contributed by atoms with Crippen LogP contribution < -0.4 is 14.8 Å². The van der Waals surface area contributed by atoms with Crippen molar-refractivity contribution < 1.29 is 14.3 Å². The lowest BCUT2D eigenvalue weighted by Crippen LogP contribution is -2.35. The van der Waals surface area contributed by atoms with Gasteiger partial charge in [0.05, 0.1) is 20.6 Å². The third kappa shape index (κ3) is 4.66. The molecule has 0 aromatic heterocycles. The molecule has 0 spiro atoms. The Labute approximate surface area is 126 Å². The van der Waals surface area contributed by atoms with Gasteiger partial charge in [-0.3, -0.25) is 4.79 Å². The molecule has 0 radical (unpaired) electrons. The van der Waals surface area contributed by atoms with Crippen molar-refractivity contribution in [3.05, 3.63) is 23.8 Å². The molecule has 21 heavy (non-hydrogen) atoms. The maximum atomic E-state index is 12.3. The normalized spacial score (nSPS) is 16.1. The number of nitrogens with one attached hydrogen (secondary N) is 1. The number of ether oxygens (including phenoxy) is 2. The van der Waals surface area contributed by atoms with Crippen LogP contribution >= 0.6 is 0 Å². The summed E-state index contributed by atoms with van der Waals surface area (Å²) in [6, 6.07) is 5.88. The van der Waals surface area contributed by atoms with Crippen molar-refractivity contribution in [2.45, 2.75) is 51.0 Å². The zero-order valence-corrected chi connectivity index (χ0v) is 13.0. The second kappa shape index (κ2) is 7.91. The van der Waals surface area contributed by atoms with Crippen LogP contribution in [0.2, 0.25) is 0 Å². The molecule has 1 aromatic rings. The summed E-state index contributed by atoms with van der Waals surface area (Å²) in [5, 5.41) is 3.16. The molecule has 1 N–H and O–H groups in total. The van der Waals surface area contributed by atoms with Gasteiger partial charge in [0.15, 0.2) is 0 Å². The van der Waals surface area contributed by atoms with Gasteiger partial charge >= 0.3 is 0 Å². The largest absolute Gasteiger partial charge is 0.497 e. The van der Waals surface area contributed by atoms with Crippen molar-refractivity contribution in [3.8, 4) is 11.5 Å². The Kier molecular flexibility index (Phi) is 5.90. The van der Waals surface area contributed by atoms with Crippen LogP contribution in [0.1, 0.15) is 44.1 Å². The maximum absolute atomic E-state index is 12.3. The van der Waals surface area contributed by atoms with E-state index in [1.807, 2.05) is 18.2 Å². The molecule has 1 aliphatic carbocycles. The molecule has 0 bridgehead atoms. The van der Waals surface area contributed by atoms with Crippen molar-refractivity contribution in [2.24, 2.45) is 0 Å². The first kappa shape index (κ1) is 15.7. The highest BCUT2D eigenvalue weighted by Crippen LogP contribution is 2.24. The van der Waals surface area contributed by atoms with E-state index in [1.54, 1.807) is 14.2 Å². The Morgan fingerprint density at radius 1 is 1.14 bits per heavy atom. The summed E-state index contributed by atoms with van der Waals surface area (Å²) in [4.78, 5) is 12.3. The van der Waals surface area contributed by atoms with Crippen LogP contribution in [0.15, 0.2) is 18.2 Å². The predicted molar refractivity (Wildman–Crippen MR) is 82.9 cm³/mol. The molecule has 0 unspecified atom stereocenters. The van der Waals surface area contributed by atoms with Crippen LogP contribution in [0.4, 0.5) is 0 Å². The molecule has 0 heterocycles. The van der Waals surface area contributed by atoms with E-state index in [0.717, 1.165) is 29.9 Å². The second-order valence-corrected chi connectivity index (χ2v) is 5.61. The van der Waals surface area contributed by atoms with Crippen molar-refractivity contribution in [2.75, 3.05) is 14.2 Å². The quantitative estimate of drug-likeness (QED) is 0.848. The molecule has 1 aromatic carbocycles. The fourth-order valence-corrected chi connectivity index (χ4v) is 2.90. The van der Waals surface area contributed by atoms with E-state index in [1.165, 1.54) is 25.7 Å². The fourth-order valence-electron chi connectivity index (χ4n) is 2.90. The lowest BCUT2D eigenvalue weighted by molar-refractivity contribution is -0.121. The zero-order chi connectivity index (χ0) is 15.1. The van der Waals surface area contributed by atoms with Gasteiger partial charge in [0, 0.05) is 11.6 Å². The molecule has 0 atom stereocenters. The molecular weight excluding hydrogens is 266 g/mol. The van der Waals surface area contributed by atoms with Crippen LogP contribution in [0.5, 0.6) is 11.5 Å². The summed E-state index contributed by atoms with van der Waals surface area (Å²) < 4.78 is 10.5. The average Bonchev–Trinajstić information content (AvgIpc) is 2.75. The first-order chi connectivity index (χ1) is 10.2. The van der Waals surface area contributed by atoms with Gasteiger partial charge in [0.25, 0.3) is 0 Å². The van der Waals surface area contributed by atoms with E-state index in [0.29, 0.717) is 12.5 Å². The van der Waals surface area contributed by atoms with E-state index in [9.17, 15) is 4.79 Å². The number of methoxy groups -OCH3 is 2. The zero-order valence-electron chi connectivity index (χ0n) is 13.0. The van der Waals surface area contributed by atoms with Gasteiger partial charge in [-0.1, -0.05) is 25.7 Å². The highest BCUT2D eigenvalue weighted by atomic mass is 16.5. The molecule has 116 valence electrons. The SMILES string of the molecule is COc1ccc(OC)c(CC(=O)NC2CCCCCC2)c1. The van der Waals surface area contributed by atoms with Gasteiger partial charge in [-0.15, -0.1) is 0 Å². The maximum Gasteiger partial charge on any atom is 0.224 e. The monoisotopic (exact) mass is 291 g/mol. The van der Waals surface area contributed by atoms with Crippen LogP contribution in [0, 0.1) is 0 Å². The second-order valence-electron chi connectivity index (χ2n) is 5.61. The summed E-state index contributed by atoms with van der Waals surface area (Å²) in [7, 11) is 3.24. The first-order valence-corrected chi connectivity index (χ1v) is 7.73. The van der Waals surface area contributed by atoms with Crippen LogP contribution in [-0.2, 0) is 11.2 Å². The Morgan fingerprint density at radius 2 is 1.86 bits per heavy atom. The number of carbonyl (C=O) groups is 1. The minimum atomic E-state index is 0.0634. The van der Waals surface area contributed by atoms with Gasteiger partial charge in [-0.2, -0.15) is 0 Å². The van der Waals surface area contributed by atoms with Gasteiger partial charge in [-0.25, -0.2) is 0 Å². The predicted octanol–water partition coefficient (Wildman–Crippen LogP) is 3.09. The third-order valence-electron chi connectivity index (χ3n) is 4.06. The molecule has 1 saturated carbocycles. The van der Waals surface area contributed by atoms with Crippen molar-refractivity contribution in [1.29, 1.82) is 0 Å². The number of rotatable bonds is 5. The molecule has 1 amide bonds. The van der Waals surface area contributed by atoms with Crippen molar-refractivity contribution in [3.63, 3.8) is 0 Å². The number of hydrogen-bond acceptors (Lipinski definition) is 3. The lowest BCUT2D eigenvalue weighted by Gasteiger charge is -2.17. The van der Waals surface area contributed by atoms with Gasteiger partial charge < -0.3 is 14.8 Å². The van der Waals surface area contributed by atoms with Crippen molar-refractivity contribution in [1.82, 2.24) is 5.32 Å². The summed E-state index contributed by atoms with van der Waals surface area (Å²) >= 11 is 0. The molecule has 4 nitrogen and oxygen atoms in total.